The van der Waals surface area contributed by atoms with Gasteiger partial charge >= 0.3 is 0 Å². The summed E-state index contributed by atoms with van der Waals surface area (Å²) >= 11 is 0. The maximum absolute atomic E-state index is 12.3. The van der Waals surface area contributed by atoms with Crippen LogP contribution in [0, 0.1) is 5.92 Å². The minimum atomic E-state index is -3.68. The SMILES string of the molecule is CNc1cccc2c1C(=O)N(CC(C)C)S2(=O)=O. The topological polar surface area (TPSA) is 66.5 Å². The summed E-state index contributed by atoms with van der Waals surface area (Å²) in [6.07, 6.45) is 0. The first-order valence-corrected chi connectivity index (χ1v) is 7.21. The number of carbonyl (C=O) groups is 1. The predicted octanol–water partition coefficient (Wildman–Crippen LogP) is 1.53. The lowest BCUT2D eigenvalue weighted by molar-refractivity contribution is 0.0862. The number of fused-ring (bicyclic) bond motifs is 1. The van der Waals surface area contributed by atoms with Crippen molar-refractivity contribution in [1.29, 1.82) is 0 Å². The highest BCUT2D eigenvalue weighted by atomic mass is 32.2. The fraction of sp³-hybridized carbons (Fsp3) is 0.417. The number of carbonyl (C=O) groups excluding carboxylic acids is 1. The van der Waals surface area contributed by atoms with Crippen LogP contribution < -0.4 is 5.32 Å². The van der Waals surface area contributed by atoms with Gasteiger partial charge in [-0.15, -0.1) is 0 Å². The molecular formula is C12H16N2O3S. The smallest absolute Gasteiger partial charge is 0.271 e. The third kappa shape index (κ3) is 1.77. The summed E-state index contributed by atoms with van der Waals surface area (Å²) in [5.74, 6) is -0.347. The Kier molecular flexibility index (Phi) is 3.06. The quantitative estimate of drug-likeness (QED) is 0.902. The van der Waals surface area contributed by atoms with Gasteiger partial charge in [0.25, 0.3) is 15.9 Å². The number of anilines is 1. The van der Waals surface area contributed by atoms with E-state index in [2.05, 4.69) is 5.32 Å². The van der Waals surface area contributed by atoms with Gasteiger partial charge in [-0.25, -0.2) is 12.7 Å². The van der Waals surface area contributed by atoms with E-state index in [1.165, 1.54) is 6.07 Å². The molecular weight excluding hydrogens is 252 g/mol. The van der Waals surface area contributed by atoms with Gasteiger partial charge in [-0.05, 0) is 18.1 Å². The molecule has 98 valence electrons. The first-order chi connectivity index (χ1) is 8.39. The molecule has 6 heteroatoms. The van der Waals surface area contributed by atoms with Gasteiger partial charge in [0.05, 0.1) is 5.56 Å². The average molecular weight is 268 g/mol. The van der Waals surface area contributed by atoms with E-state index < -0.39 is 15.9 Å². The number of hydrogen-bond acceptors (Lipinski definition) is 4. The highest BCUT2D eigenvalue weighted by Crippen LogP contribution is 2.35. The van der Waals surface area contributed by atoms with E-state index in [1.807, 2.05) is 13.8 Å². The zero-order chi connectivity index (χ0) is 13.5. The fourth-order valence-electron chi connectivity index (χ4n) is 2.04. The second-order valence-electron chi connectivity index (χ2n) is 4.66. The molecule has 1 aliphatic rings. The molecule has 0 fully saturated rings. The fourth-order valence-corrected chi connectivity index (χ4v) is 3.79. The van der Waals surface area contributed by atoms with Crippen LogP contribution in [0.2, 0.25) is 0 Å². The lowest BCUT2D eigenvalue weighted by atomic mass is 10.1. The summed E-state index contributed by atoms with van der Waals surface area (Å²) in [4.78, 5) is 12.3. The van der Waals surface area contributed by atoms with Gasteiger partial charge in [0.1, 0.15) is 4.90 Å². The lowest BCUT2D eigenvalue weighted by Gasteiger charge is -2.17. The zero-order valence-electron chi connectivity index (χ0n) is 10.6. The monoisotopic (exact) mass is 268 g/mol. The zero-order valence-corrected chi connectivity index (χ0v) is 11.4. The minimum absolute atomic E-state index is 0.0936. The molecule has 0 saturated carbocycles. The first kappa shape index (κ1) is 12.9. The molecule has 0 aliphatic carbocycles. The van der Waals surface area contributed by atoms with Crippen molar-refractivity contribution in [3.8, 4) is 0 Å². The summed E-state index contributed by atoms with van der Waals surface area (Å²) < 4.78 is 25.5. The van der Waals surface area contributed by atoms with Crippen LogP contribution in [0.15, 0.2) is 23.1 Å². The predicted molar refractivity (Wildman–Crippen MR) is 69.0 cm³/mol. The molecule has 0 saturated heterocycles. The Morgan fingerprint density at radius 2 is 2.00 bits per heavy atom. The van der Waals surface area contributed by atoms with Crippen LogP contribution >= 0.6 is 0 Å². The van der Waals surface area contributed by atoms with Crippen LogP contribution in [0.25, 0.3) is 0 Å². The van der Waals surface area contributed by atoms with Crippen LogP contribution in [-0.2, 0) is 10.0 Å². The Bertz CT molecular complexity index is 593. The van der Waals surface area contributed by atoms with Gasteiger partial charge in [-0.3, -0.25) is 4.79 Å². The molecule has 0 bridgehead atoms. The number of nitrogens with one attached hydrogen (secondary N) is 1. The molecule has 0 unspecified atom stereocenters. The number of hydrogen-bond donors (Lipinski definition) is 1. The minimum Gasteiger partial charge on any atom is -0.387 e. The summed E-state index contributed by atoms with van der Waals surface area (Å²) in [6.45, 7) is 3.97. The Morgan fingerprint density at radius 3 is 2.56 bits per heavy atom. The van der Waals surface area contributed by atoms with Crippen LogP contribution in [0.5, 0.6) is 0 Å². The summed E-state index contributed by atoms with van der Waals surface area (Å²) in [5.41, 5.74) is 0.799. The van der Waals surface area contributed by atoms with Crippen LogP contribution in [0.4, 0.5) is 5.69 Å². The second kappa shape index (κ2) is 4.28. The van der Waals surface area contributed by atoms with Crippen molar-refractivity contribution in [2.75, 3.05) is 18.9 Å². The van der Waals surface area contributed by atoms with Crippen molar-refractivity contribution in [3.05, 3.63) is 23.8 Å². The molecule has 0 aromatic heterocycles. The normalized spacial score (nSPS) is 17.1. The molecule has 1 N–H and O–H groups in total. The van der Waals surface area contributed by atoms with E-state index in [0.29, 0.717) is 5.69 Å². The summed E-state index contributed by atoms with van der Waals surface area (Å²) in [7, 11) is -2.01. The molecule has 0 radical (unpaired) electrons. The molecule has 1 aliphatic heterocycles. The van der Waals surface area contributed by atoms with E-state index in [4.69, 9.17) is 0 Å². The lowest BCUT2D eigenvalue weighted by Crippen LogP contribution is -2.33. The molecule has 0 atom stereocenters. The number of rotatable bonds is 3. The number of benzene rings is 1. The Morgan fingerprint density at radius 1 is 1.33 bits per heavy atom. The molecule has 1 aromatic rings. The van der Waals surface area contributed by atoms with Crippen molar-refractivity contribution in [2.45, 2.75) is 18.7 Å². The molecule has 2 rings (SSSR count). The second-order valence-corrected chi connectivity index (χ2v) is 6.49. The molecule has 1 amide bonds. The van der Waals surface area contributed by atoms with E-state index >= 15 is 0 Å². The van der Waals surface area contributed by atoms with Crippen LogP contribution in [-0.4, -0.2) is 32.2 Å². The Balaban J connectivity index is 2.61. The third-order valence-corrected chi connectivity index (χ3v) is 4.63. The molecule has 1 aromatic carbocycles. The maximum atomic E-state index is 12.3. The molecule has 0 spiro atoms. The standard InChI is InChI=1S/C12H16N2O3S/c1-8(2)7-14-12(15)11-9(13-3)5-4-6-10(11)18(14,16)17/h4-6,8,13H,7H2,1-3H3. The van der Waals surface area contributed by atoms with Crippen LogP contribution in [0.1, 0.15) is 24.2 Å². The first-order valence-electron chi connectivity index (χ1n) is 5.77. The van der Waals surface area contributed by atoms with Gasteiger partial charge in [0, 0.05) is 19.3 Å². The molecule has 18 heavy (non-hydrogen) atoms. The van der Waals surface area contributed by atoms with Gasteiger partial charge in [-0.2, -0.15) is 0 Å². The maximum Gasteiger partial charge on any atom is 0.271 e. The third-order valence-electron chi connectivity index (χ3n) is 2.83. The molecule has 5 nitrogen and oxygen atoms in total. The largest absolute Gasteiger partial charge is 0.387 e. The van der Waals surface area contributed by atoms with Crippen molar-refractivity contribution in [1.82, 2.24) is 4.31 Å². The highest BCUT2D eigenvalue weighted by molar-refractivity contribution is 7.90. The number of nitrogens with zero attached hydrogens (tertiary/aromatic N) is 1. The number of amides is 1. The average Bonchev–Trinajstić information content (AvgIpc) is 2.50. The van der Waals surface area contributed by atoms with Gasteiger partial charge in [0.15, 0.2) is 0 Å². The van der Waals surface area contributed by atoms with Crippen molar-refractivity contribution in [3.63, 3.8) is 0 Å². The van der Waals surface area contributed by atoms with Crippen molar-refractivity contribution in [2.24, 2.45) is 5.92 Å². The van der Waals surface area contributed by atoms with E-state index in [9.17, 15) is 13.2 Å². The van der Waals surface area contributed by atoms with E-state index in [0.717, 1.165) is 4.31 Å². The number of sulfonamides is 1. The van der Waals surface area contributed by atoms with E-state index in [1.54, 1.807) is 19.2 Å². The van der Waals surface area contributed by atoms with Crippen molar-refractivity contribution < 1.29 is 13.2 Å². The highest BCUT2D eigenvalue weighted by Gasteiger charge is 2.42. The van der Waals surface area contributed by atoms with Gasteiger partial charge in [0.2, 0.25) is 0 Å². The van der Waals surface area contributed by atoms with Crippen molar-refractivity contribution >= 4 is 21.6 Å². The van der Waals surface area contributed by atoms with Crippen LogP contribution in [0.3, 0.4) is 0 Å². The Hall–Kier alpha value is -1.56. The Labute approximate surface area is 107 Å². The molecule has 1 heterocycles. The van der Waals surface area contributed by atoms with Gasteiger partial charge < -0.3 is 5.32 Å². The summed E-state index contributed by atoms with van der Waals surface area (Å²) in [5, 5.41) is 2.86. The summed E-state index contributed by atoms with van der Waals surface area (Å²) in [6, 6.07) is 4.81. The van der Waals surface area contributed by atoms with Gasteiger partial charge in [-0.1, -0.05) is 19.9 Å². The van der Waals surface area contributed by atoms with E-state index in [-0.39, 0.29) is 22.9 Å².